The van der Waals surface area contributed by atoms with Gasteiger partial charge in [-0.2, -0.15) is 0 Å². The maximum absolute atomic E-state index is 11.2. The number of carbonyl (C=O) groups excluding carboxylic acids is 1. The molecule has 3 nitrogen and oxygen atoms in total. The molecule has 0 aliphatic rings. The van der Waals surface area contributed by atoms with Crippen LogP contribution >= 0.6 is 0 Å². The Morgan fingerprint density at radius 2 is 1.11 bits per heavy atom. The van der Waals surface area contributed by atoms with Crippen LogP contribution in [-0.2, 0) is 9.53 Å². The van der Waals surface area contributed by atoms with Gasteiger partial charge >= 0.3 is 5.97 Å². The van der Waals surface area contributed by atoms with Crippen LogP contribution in [0.4, 0.5) is 0 Å². The summed E-state index contributed by atoms with van der Waals surface area (Å²) in [5, 5.41) is 3.32. The van der Waals surface area contributed by atoms with Crippen molar-refractivity contribution in [2.45, 2.75) is 117 Å². The molecule has 3 heteroatoms. The van der Waals surface area contributed by atoms with Crippen molar-refractivity contribution in [3.63, 3.8) is 0 Å². The third-order valence-electron chi connectivity index (χ3n) is 5.07. The normalized spacial score (nSPS) is 10.9. The quantitative estimate of drug-likeness (QED) is 0.133. The van der Waals surface area contributed by atoms with Gasteiger partial charge in [-0.25, -0.2) is 4.79 Å². The van der Waals surface area contributed by atoms with Crippen molar-refractivity contribution in [1.82, 2.24) is 5.32 Å². The minimum atomic E-state index is -0.292. The highest BCUT2D eigenvalue weighted by Gasteiger charge is 2.01. The van der Waals surface area contributed by atoms with Crippen molar-refractivity contribution in [2.24, 2.45) is 0 Å². The summed E-state index contributed by atoms with van der Waals surface area (Å²) in [5.74, 6) is -0.292. The molecule has 0 fully saturated rings. The van der Waals surface area contributed by atoms with Gasteiger partial charge in [-0.05, 0) is 19.9 Å². The molecule has 0 radical (unpaired) electrons. The van der Waals surface area contributed by atoms with E-state index in [0.29, 0.717) is 12.2 Å². The summed E-state index contributed by atoms with van der Waals surface area (Å²) in [7, 11) is 0. The van der Waals surface area contributed by atoms with Crippen molar-refractivity contribution in [1.29, 1.82) is 0 Å². The third kappa shape index (κ3) is 21.3. The largest absolute Gasteiger partial charge is 0.461 e. The molecule has 0 aromatic heterocycles. The van der Waals surface area contributed by atoms with E-state index in [-0.39, 0.29) is 5.97 Å². The Labute approximate surface area is 169 Å². The molecular formula is C24H47NO2. The molecule has 27 heavy (non-hydrogen) atoms. The number of ether oxygens (including phenoxy) is 1. The van der Waals surface area contributed by atoms with Gasteiger partial charge in [-0.3, -0.25) is 0 Å². The van der Waals surface area contributed by atoms with E-state index in [2.05, 4.69) is 18.8 Å². The van der Waals surface area contributed by atoms with Crippen LogP contribution < -0.4 is 5.32 Å². The Morgan fingerprint density at radius 3 is 1.52 bits per heavy atom. The Kier molecular flexibility index (Phi) is 20.8. The van der Waals surface area contributed by atoms with Gasteiger partial charge in [-0.15, -0.1) is 0 Å². The lowest BCUT2D eigenvalue weighted by Gasteiger charge is -2.06. The molecule has 0 saturated heterocycles. The molecule has 0 spiro atoms. The maximum atomic E-state index is 11.2. The van der Waals surface area contributed by atoms with E-state index in [1.54, 1.807) is 6.92 Å². The Balaban J connectivity index is 3.05. The Morgan fingerprint density at radius 1 is 0.704 bits per heavy atom. The SMILES string of the molecule is C=C(C)C(=O)OCCNCCCCCCCCCCCCCCCCCC. The van der Waals surface area contributed by atoms with Crippen LogP contribution in [-0.4, -0.2) is 25.7 Å². The minimum absolute atomic E-state index is 0.292. The van der Waals surface area contributed by atoms with Crippen molar-refractivity contribution in [3.8, 4) is 0 Å². The number of hydrogen-bond acceptors (Lipinski definition) is 3. The van der Waals surface area contributed by atoms with Gasteiger partial charge < -0.3 is 10.1 Å². The molecular weight excluding hydrogens is 334 g/mol. The number of rotatable bonds is 21. The number of esters is 1. The van der Waals surface area contributed by atoms with Gasteiger partial charge in [0.2, 0.25) is 0 Å². The smallest absolute Gasteiger partial charge is 0.333 e. The first-order valence-electron chi connectivity index (χ1n) is 11.7. The summed E-state index contributed by atoms with van der Waals surface area (Å²) in [6.07, 6.45) is 22.4. The third-order valence-corrected chi connectivity index (χ3v) is 5.07. The van der Waals surface area contributed by atoms with Crippen LogP contribution in [0.1, 0.15) is 117 Å². The first-order valence-corrected chi connectivity index (χ1v) is 11.7. The molecule has 0 aliphatic heterocycles. The predicted molar refractivity (Wildman–Crippen MR) is 118 cm³/mol. The first-order chi connectivity index (χ1) is 13.2. The Hall–Kier alpha value is -0.830. The maximum Gasteiger partial charge on any atom is 0.333 e. The molecule has 0 amide bonds. The minimum Gasteiger partial charge on any atom is -0.461 e. The second-order valence-electron chi connectivity index (χ2n) is 7.97. The Bertz CT molecular complexity index is 341. The van der Waals surface area contributed by atoms with E-state index in [4.69, 9.17) is 4.74 Å². The highest BCUT2D eigenvalue weighted by atomic mass is 16.5. The highest BCUT2D eigenvalue weighted by molar-refractivity contribution is 5.86. The number of nitrogens with one attached hydrogen (secondary N) is 1. The molecule has 0 atom stereocenters. The fourth-order valence-electron chi connectivity index (χ4n) is 3.26. The summed E-state index contributed by atoms with van der Waals surface area (Å²) in [5.41, 5.74) is 0.466. The van der Waals surface area contributed by atoms with Gasteiger partial charge in [-0.1, -0.05) is 110 Å². The van der Waals surface area contributed by atoms with Crippen LogP contribution in [0.25, 0.3) is 0 Å². The number of hydrogen-bond donors (Lipinski definition) is 1. The van der Waals surface area contributed by atoms with E-state index >= 15 is 0 Å². The van der Waals surface area contributed by atoms with Crippen molar-refractivity contribution < 1.29 is 9.53 Å². The van der Waals surface area contributed by atoms with Gasteiger partial charge in [0.15, 0.2) is 0 Å². The zero-order valence-corrected chi connectivity index (χ0v) is 18.5. The molecule has 0 aromatic rings. The van der Waals surface area contributed by atoms with Crippen molar-refractivity contribution >= 4 is 5.97 Å². The molecule has 160 valence electrons. The van der Waals surface area contributed by atoms with Crippen LogP contribution in [0.2, 0.25) is 0 Å². The highest BCUT2D eigenvalue weighted by Crippen LogP contribution is 2.13. The molecule has 0 aliphatic carbocycles. The summed E-state index contributed by atoms with van der Waals surface area (Å²) >= 11 is 0. The van der Waals surface area contributed by atoms with E-state index in [0.717, 1.165) is 13.1 Å². The fraction of sp³-hybridized carbons (Fsp3) is 0.875. The first kappa shape index (κ1) is 26.2. The lowest BCUT2D eigenvalue weighted by Crippen LogP contribution is -2.22. The van der Waals surface area contributed by atoms with E-state index < -0.39 is 0 Å². The van der Waals surface area contributed by atoms with Gasteiger partial charge in [0.1, 0.15) is 6.61 Å². The average Bonchev–Trinajstić information content (AvgIpc) is 2.66. The summed E-state index contributed by atoms with van der Waals surface area (Å²) in [6.45, 7) is 9.71. The molecule has 1 N–H and O–H groups in total. The summed E-state index contributed by atoms with van der Waals surface area (Å²) in [6, 6.07) is 0. The van der Waals surface area contributed by atoms with E-state index in [1.165, 1.54) is 103 Å². The molecule has 0 bridgehead atoms. The predicted octanol–water partition coefficient (Wildman–Crippen LogP) is 6.96. The second-order valence-corrected chi connectivity index (χ2v) is 7.97. The summed E-state index contributed by atoms with van der Waals surface area (Å²) < 4.78 is 5.04. The standard InChI is InChI=1S/C24H47NO2/c1-4-5-6-7-8-9-10-11-12-13-14-15-16-17-18-19-20-25-21-22-27-24(26)23(2)3/h25H,2,4-22H2,1,3H3. The lowest BCUT2D eigenvalue weighted by atomic mass is 10.0. The summed E-state index contributed by atoms with van der Waals surface area (Å²) in [4.78, 5) is 11.2. The monoisotopic (exact) mass is 381 g/mol. The van der Waals surface area contributed by atoms with Crippen molar-refractivity contribution in [3.05, 3.63) is 12.2 Å². The molecule has 0 aromatic carbocycles. The zero-order chi connectivity index (χ0) is 20.0. The van der Waals surface area contributed by atoms with Crippen LogP contribution in [0.3, 0.4) is 0 Å². The topological polar surface area (TPSA) is 38.3 Å². The molecule has 0 rings (SSSR count). The fourth-order valence-corrected chi connectivity index (χ4v) is 3.26. The van der Waals surface area contributed by atoms with E-state index in [1.807, 2.05) is 0 Å². The average molecular weight is 382 g/mol. The van der Waals surface area contributed by atoms with Crippen molar-refractivity contribution in [2.75, 3.05) is 19.7 Å². The molecule has 0 saturated carbocycles. The van der Waals surface area contributed by atoms with Gasteiger partial charge in [0, 0.05) is 12.1 Å². The van der Waals surface area contributed by atoms with Gasteiger partial charge in [0.05, 0.1) is 0 Å². The molecule has 0 unspecified atom stereocenters. The lowest BCUT2D eigenvalue weighted by molar-refractivity contribution is -0.138. The van der Waals surface area contributed by atoms with E-state index in [9.17, 15) is 4.79 Å². The van der Waals surface area contributed by atoms with Crippen LogP contribution in [0.15, 0.2) is 12.2 Å². The van der Waals surface area contributed by atoms with Crippen LogP contribution in [0.5, 0.6) is 0 Å². The second kappa shape index (κ2) is 21.5. The number of unbranched alkanes of at least 4 members (excludes halogenated alkanes) is 15. The molecule has 0 heterocycles. The zero-order valence-electron chi connectivity index (χ0n) is 18.5. The van der Waals surface area contributed by atoms with Gasteiger partial charge in [0.25, 0.3) is 0 Å². The number of carbonyl (C=O) groups is 1. The van der Waals surface area contributed by atoms with Crippen LogP contribution in [0, 0.1) is 0 Å².